The molecular formula is C20H18N3O3-. The Morgan fingerprint density at radius 3 is 2.12 bits per heavy atom. The van der Waals surface area contributed by atoms with Crippen molar-refractivity contribution in [2.75, 3.05) is 17.8 Å². The molecule has 0 atom stereocenters. The first-order valence-electron chi connectivity index (χ1n) is 7.97. The quantitative estimate of drug-likeness (QED) is 0.514. The van der Waals surface area contributed by atoms with Crippen LogP contribution in [0.25, 0.3) is 0 Å². The molecule has 3 rings (SSSR count). The van der Waals surface area contributed by atoms with Gasteiger partial charge in [0.05, 0.1) is 24.2 Å². The van der Waals surface area contributed by atoms with Crippen molar-refractivity contribution in [3.8, 4) is 5.75 Å². The van der Waals surface area contributed by atoms with Crippen molar-refractivity contribution >= 4 is 17.1 Å². The summed E-state index contributed by atoms with van der Waals surface area (Å²) < 4.78 is 5.21. The van der Waals surface area contributed by atoms with E-state index in [0.29, 0.717) is 5.69 Å². The van der Waals surface area contributed by atoms with E-state index in [1.54, 1.807) is 19.2 Å². The second kappa shape index (κ2) is 8.15. The molecule has 0 aliphatic rings. The van der Waals surface area contributed by atoms with E-state index in [1.807, 2.05) is 54.6 Å². The summed E-state index contributed by atoms with van der Waals surface area (Å²) in [6, 6.07) is 23.8. The fourth-order valence-corrected chi connectivity index (χ4v) is 2.42. The Kier molecular flexibility index (Phi) is 5.48. The molecule has 0 fully saturated rings. The van der Waals surface area contributed by atoms with Crippen LogP contribution in [0, 0.1) is 5.21 Å². The SMILES string of the molecule is COc1ccc(C(=NNc2ccc(N([O-])O)cc2)c2ccccc2)cc1. The van der Waals surface area contributed by atoms with E-state index in [2.05, 4.69) is 10.5 Å². The highest BCUT2D eigenvalue weighted by atomic mass is 16.8. The van der Waals surface area contributed by atoms with Crippen molar-refractivity contribution in [3.63, 3.8) is 0 Å². The first kappa shape index (κ1) is 17.5. The molecule has 0 bridgehead atoms. The van der Waals surface area contributed by atoms with E-state index in [0.717, 1.165) is 22.6 Å². The van der Waals surface area contributed by atoms with Crippen LogP contribution in [0.2, 0.25) is 0 Å². The number of rotatable bonds is 6. The van der Waals surface area contributed by atoms with Gasteiger partial charge in [-0.3, -0.25) is 10.6 Å². The Bertz CT molecular complexity index is 861. The minimum Gasteiger partial charge on any atom is -0.733 e. The van der Waals surface area contributed by atoms with Crippen LogP contribution in [-0.4, -0.2) is 18.0 Å². The lowest BCUT2D eigenvalue weighted by atomic mass is 10.0. The van der Waals surface area contributed by atoms with Crippen LogP contribution in [0.3, 0.4) is 0 Å². The summed E-state index contributed by atoms with van der Waals surface area (Å²) in [6.07, 6.45) is 0. The number of nitrogens with zero attached hydrogens (tertiary/aromatic N) is 2. The van der Waals surface area contributed by atoms with Crippen molar-refractivity contribution in [2.24, 2.45) is 5.10 Å². The van der Waals surface area contributed by atoms with Gasteiger partial charge >= 0.3 is 0 Å². The van der Waals surface area contributed by atoms with E-state index < -0.39 is 0 Å². The maximum absolute atomic E-state index is 10.9. The van der Waals surface area contributed by atoms with E-state index >= 15 is 0 Å². The summed E-state index contributed by atoms with van der Waals surface area (Å²) in [7, 11) is 1.63. The van der Waals surface area contributed by atoms with E-state index in [1.165, 1.54) is 12.1 Å². The van der Waals surface area contributed by atoms with Crippen LogP contribution in [0.15, 0.2) is 84.0 Å². The van der Waals surface area contributed by atoms with Crippen LogP contribution in [0.1, 0.15) is 11.1 Å². The zero-order valence-corrected chi connectivity index (χ0v) is 14.2. The Morgan fingerprint density at radius 2 is 1.54 bits per heavy atom. The smallest absolute Gasteiger partial charge is 0.118 e. The molecule has 2 N–H and O–H groups in total. The zero-order chi connectivity index (χ0) is 18.4. The summed E-state index contributed by atoms with van der Waals surface area (Å²) in [5.41, 5.74) is 6.50. The predicted molar refractivity (Wildman–Crippen MR) is 103 cm³/mol. The van der Waals surface area contributed by atoms with Crippen molar-refractivity contribution in [2.45, 2.75) is 0 Å². The van der Waals surface area contributed by atoms with Gasteiger partial charge in [0, 0.05) is 11.1 Å². The highest BCUT2D eigenvalue weighted by Crippen LogP contribution is 2.18. The van der Waals surface area contributed by atoms with Crippen LogP contribution in [0.5, 0.6) is 5.75 Å². The summed E-state index contributed by atoms with van der Waals surface area (Å²) >= 11 is 0. The Balaban J connectivity index is 1.90. The molecule has 0 saturated carbocycles. The molecule has 0 aliphatic carbocycles. The number of hydrazone groups is 1. The molecule has 6 heteroatoms. The molecule has 0 aliphatic heterocycles. The molecule has 0 spiro atoms. The van der Waals surface area contributed by atoms with Crippen LogP contribution in [0.4, 0.5) is 11.4 Å². The molecule has 3 aromatic rings. The van der Waals surface area contributed by atoms with Gasteiger partial charge in [-0.1, -0.05) is 30.3 Å². The van der Waals surface area contributed by atoms with Crippen molar-refractivity contribution in [1.82, 2.24) is 0 Å². The van der Waals surface area contributed by atoms with Gasteiger partial charge in [-0.15, -0.1) is 0 Å². The number of benzene rings is 3. The van der Waals surface area contributed by atoms with Gasteiger partial charge in [-0.2, -0.15) is 5.10 Å². The second-order valence-corrected chi connectivity index (χ2v) is 5.49. The predicted octanol–water partition coefficient (Wildman–Crippen LogP) is 4.25. The third-order valence-electron chi connectivity index (χ3n) is 3.80. The lowest BCUT2D eigenvalue weighted by Gasteiger charge is -2.21. The number of hydrogen-bond acceptors (Lipinski definition) is 6. The molecule has 0 heterocycles. The Morgan fingerprint density at radius 1 is 0.923 bits per heavy atom. The maximum Gasteiger partial charge on any atom is 0.118 e. The zero-order valence-electron chi connectivity index (χ0n) is 14.2. The minimum atomic E-state index is -0.181. The second-order valence-electron chi connectivity index (χ2n) is 5.49. The molecular weight excluding hydrogens is 330 g/mol. The third-order valence-corrected chi connectivity index (χ3v) is 3.80. The van der Waals surface area contributed by atoms with Crippen LogP contribution >= 0.6 is 0 Å². The molecule has 0 radical (unpaired) electrons. The maximum atomic E-state index is 10.9. The summed E-state index contributed by atoms with van der Waals surface area (Å²) in [6.45, 7) is 0. The highest BCUT2D eigenvalue weighted by molar-refractivity contribution is 6.13. The van der Waals surface area contributed by atoms with Crippen LogP contribution in [-0.2, 0) is 0 Å². The van der Waals surface area contributed by atoms with Crippen LogP contribution < -0.4 is 15.4 Å². The van der Waals surface area contributed by atoms with Gasteiger partial charge in [-0.05, 0) is 48.5 Å². The molecule has 0 aromatic heterocycles. The minimum absolute atomic E-state index is 0.151. The van der Waals surface area contributed by atoms with E-state index in [9.17, 15) is 5.21 Å². The standard InChI is InChI=1S/C20H18N3O3/c1-26-19-13-7-16(8-14-19)20(15-5-3-2-4-6-15)22-21-17-9-11-18(12-10-17)23(24)25/h2-14,21,24H,1H3/q-1. The van der Waals surface area contributed by atoms with Gasteiger partial charge in [0.25, 0.3) is 0 Å². The fourth-order valence-electron chi connectivity index (χ4n) is 2.42. The molecule has 0 saturated heterocycles. The topological polar surface area (TPSA) is 80.2 Å². The van der Waals surface area contributed by atoms with Crippen molar-refractivity contribution < 1.29 is 9.94 Å². The first-order valence-corrected chi connectivity index (χ1v) is 7.97. The lowest BCUT2D eigenvalue weighted by Crippen LogP contribution is -2.08. The average Bonchev–Trinajstić information content (AvgIpc) is 2.70. The number of methoxy groups -OCH3 is 1. The summed E-state index contributed by atoms with van der Waals surface area (Å²) in [4.78, 5) is 0. The fraction of sp³-hybridized carbons (Fsp3) is 0.0500. The molecule has 6 nitrogen and oxygen atoms in total. The summed E-state index contributed by atoms with van der Waals surface area (Å²) in [5.74, 6) is 0.774. The highest BCUT2D eigenvalue weighted by Gasteiger charge is 2.07. The van der Waals surface area contributed by atoms with Gasteiger partial charge in [0.1, 0.15) is 5.75 Å². The largest absolute Gasteiger partial charge is 0.733 e. The normalized spacial score (nSPS) is 11.1. The number of hydrogen-bond donors (Lipinski definition) is 2. The molecule has 0 unspecified atom stereocenters. The Labute approximate surface area is 151 Å². The number of anilines is 2. The number of ether oxygens (including phenoxy) is 1. The molecule has 3 aromatic carbocycles. The third kappa shape index (κ3) is 4.18. The van der Waals surface area contributed by atoms with E-state index in [-0.39, 0.29) is 10.9 Å². The van der Waals surface area contributed by atoms with E-state index in [4.69, 9.17) is 9.94 Å². The van der Waals surface area contributed by atoms with Gasteiger partial charge in [-0.25, -0.2) is 0 Å². The molecule has 0 amide bonds. The Hall–Kier alpha value is -3.35. The summed E-state index contributed by atoms with van der Waals surface area (Å²) in [5, 5.41) is 24.1. The first-order chi connectivity index (χ1) is 12.7. The lowest BCUT2D eigenvalue weighted by molar-refractivity contribution is 0.296. The monoisotopic (exact) mass is 348 g/mol. The molecule has 26 heavy (non-hydrogen) atoms. The number of nitrogens with one attached hydrogen (secondary N) is 1. The van der Waals surface area contributed by atoms with Crippen molar-refractivity contribution in [1.29, 1.82) is 0 Å². The average molecular weight is 348 g/mol. The van der Waals surface area contributed by atoms with Gasteiger partial charge < -0.3 is 15.2 Å². The van der Waals surface area contributed by atoms with Crippen molar-refractivity contribution in [3.05, 3.63) is 95.2 Å². The molecule has 132 valence electrons. The van der Waals surface area contributed by atoms with Gasteiger partial charge in [0.15, 0.2) is 0 Å². The van der Waals surface area contributed by atoms with Gasteiger partial charge in [0.2, 0.25) is 0 Å².